The lowest BCUT2D eigenvalue weighted by molar-refractivity contribution is 0.667. The maximum absolute atomic E-state index is 6.48. The average molecular weight is 719 g/mol. The smallest absolute Gasteiger partial charge is 0.180 e. The van der Waals surface area contributed by atoms with Crippen molar-refractivity contribution in [3.8, 4) is 67.5 Å². The Morgan fingerprint density at radius 3 is 1.41 bits per heavy atom. The van der Waals surface area contributed by atoms with Crippen molar-refractivity contribution in [3.63, 3.8) is 0 Å². The van der Waals surface area contributed by atoms with Crippen molar-refractivity contribution >= 4 is 44.1 Å². The third kappa shape index (κ3) is 5.27. The summed E-state index contributed by atoms with van der Waals surface area (Å²) in [5, 5.41) is 1.91. The van der Waals surface area contributed by atoms with Crippen LogP contribution in [0.15, 0.2) is 191 Å². The van der Waals surface area contributed by atoms with E-state index >= 15 is 0 Å². The zero-order valence-corrected chi connectivity index (χ0v) is 29.9. The fraction of sp³-hybridized carbons (Fsp3) is 0. The van der Waals surface area contributed by atoms with Gasteiger partial charge in [-0.15, -0.1) is 0 Å². The van der Waals surface area contributed by atoms with Gasteiger partial charge in [-0.25, -0.2) is 19.9 Å². The number of nitrogens with zero attached hydrogens (tertiary/aromatic N) is 4. The number of benzene rings is 7. The number of para-hydroxylation sites is 2. The van der Waals surface area contributed by atoms with Gasteiger partial charge in [0.05, 0.1) is 0 Å². The highest BCUT2D eigenvalue weighted by molar-refractivity contribution is 6.08. The van der Waals surface area contributed by atoms with Crippen LogP contribution < -0.4 is 0 Å². The Kier molecular flexibility index (Phi) is 7.38. The van der Waals surface area contributed by atoms with E-state index in [0.29, 0.717) is 22.8 Å². The number of hydrogen-bond acceptors (Lipinski definition) is 6. The topological polar surface area (TPSA) is 77.8 Å². The van der Waals surface area contributed by atoms with Gasteiger partial charge in [0, 0.05) is 33.0 Å². The van der Waals surface area contributed by atoms with Gasteiger partial charge in [-0.3, -0.25) is 0 Å². The number of fused-ring (bicyclic) bond motifs is 6. The second-order valence-electron chi connectivity index (χ2n) is 13.7. The summed E-state index contributed by atoms with van der Waals surface area (Å²) >= 11 is 0. The normalized spacial score (nSPS) is 11.6. The van der Waals surface area contributed by atoms with Crippen molar-refractivity contribution in [2.24, 2.45) is 0 Å². The SMILES string of the molecule is c1ccc(-c2nc(-c3cccc(-c4ccccc4-c4ccccc4-c4nc(-c5ccccc5)c5oc6ccccc6c5n4)c3)c3oc4ccccc4c3n2)cc1. The Labute approximate surface area is 321 Å². The first-order chi connectivity index (χ1) is 27.8. The van der Waals surface area contributed by atoms with E-state index in [1.807, 2.05) is 91.0 Å². The standard InChI is InChI=1S/C50H30N4O2/c1-3-16-31(17-4-1)43-47-46(40-27-12-14-29-42(40)55-47)54-50(52-43)38-25-10-9-24-37(38)36-23-8-7-22-35(36)33-20-15-21-34(30-33)44-48-45(39-26-11-13-28-41(39)56-48)53-49(51-44)32-18-5-2-6-19-32/h1-30H. The number of hydrogen-bond donors (Lipinski definition) is 0. The second-order valence-corrected chi connectivity index (χ2v) is 13.7. The largest absolute Gasteiger partial charge is 0.452 e. The molecule has 0 fully saturated rings. The van der Waals surface area contributed by atoms with E-state index in [0.717, 1.165) is 88.9 Å². The minimum atomic E-state index is 0.628. The highest BCUT2D eigenvalue weighted by atomic mass is 16.3. The van der Waals surface area contributed by atoms with Crippen LogP contribution in [0.4, 0.5) is 0 Å². The van der Waals surface area contributed by atoms with Gasteiger partial charge < -0.3 is 8.83 Å². The summed E-state index contributed by atoms with van der Waals surface area (Å²) in [5.41, 5.74) is 13.9. The van der Waals surface area contributed by atoms with E-state index in [1.54, 1.807) is 0 Å². The number of aromatic nitrogens is 4. The molecule has 0 aliphatic carbocycles. The zero-order valence-electron chi connectivity index (χ0n) is 29.9. The molecule has 0 saturated carbocycles. The number of furan rings is 2. The summed E-state index contributed by atoms with van der Waals surface area (Å²) in [7, 11) is 0. The van der Waals surface area contributed by atoms with Gasteiger partial charge in [-0.05, 0) is 52.6 Å². The molecule has 4 heterocycles. The molecule has 0 saturated heterocycles. The zero-order chi connectivity index (χ0) is 37.0. The summed E-state index contributed by atoms with van der Waals surface area (Å²) in [5.74, 6) is 1.28. The van der Waals surface area contributed by atoms with Crippen LogP contribution in [-0.2, 0) is 0 Å². The molecule has 262 valence electrons. The summed E-state index contributed by atoms with van der Waals surface area (Å²) in [6.45, 7) is 0. The maximum atomic E-state index is 6.48. The molecule has 0 aliphatic heterocycles. The van der Waals surface area contributed by atoms with Crippen LogP contribution in [0.1, 0.15) is 0 Å². The summed E-state index contributed by atoms with van der Waals surface area (Å²) in [6.07, 6.45) is 0. The van der Waals surface area contributed by atoms with Gasteiger partial charge in [0.25, 0.3) is 0 Å². The van der Waals surface area contributed by atoms with Crippen molar-refractivity contribution in [3.05, 3.63) is 182 Å². The van der Waals surface area contributed by atoms with Crippen molar-refractivity contribution in [1.82, 2.24) is 19.9 Å². The molecular formula is C50H30N4O2. The molecule has 0 N–H and O–H groups in total. The first-order valence-electron chi connectivity index (χ1n) is 18.6. The monoisotopic (exact) mass is 718 g/mol. The molecular weight excluding hydrogens is 689 g/mol. The maximum Gasteiger partial charge on any atom is 0.180 e. The summed E-state index contributed by atoms with van der Waals surface area (Å²) in [6, 6.07) is 61.7. The molecule has 0 atom stereocenters. The van der Waals surface area contributed by atoms with Crippen LogP contribution in [0.3, 0.4) is 0 Å². The van der Waals surface area contributed by atoms with Gasteiger partial charge in [-0.2, -0.15) is 0 Å². The van der Waals surface area contributed by atoms with Gasteiger partial charge in [0.2, 0.25) is 0 Å². The molecule has 7 aromatic carbocycles. The fourth-order valence-electron chi connectivity index (χ4n) is 7.72. The Bertz CT molecular complexity index is 3260. The fourth-order valence-corrected chi connectivity index (χ4v) is 7.72. The van der Waals surface area contributed by atoms with Crippen LogP contribution in [0.25, 0.3) is 112 Å². The first kappa shape index (κ1) is 31.8. The van der Waals surface area contributed by atoms with E-state index in [-0.39, 0.29) is 0 Å². The van der Waals surface area contributed by atoms with Gasteiger partial charge in [-0.1, -0.05) is 152 Å². The number of rotatable bonds is 6. The predicted octanol–water partition coefficient (Wildman–Crippen LogP) is 13.1. The van der Waals surface area contributed by atoms with Crippen molar-refractivity contribution < 1.29 is 8.83 Å². The van der Waals surface area contributed by atoms with Crippen LogP contribution in [0.5, 0.6) is 0 Å². The molecule has 11 aromatic rings. The molecule has 0 amide bonds. The lowest BCUT2D eigenvalue weighted by Gasteiger charge is -2.15. The van der Waals surface area contributed by atoms with E-state index in [4.69, 9.17) is 28.8 Å². The lowest BCUT2D eigenvalue weighted by Crippen LogP contribution is -1.96. The molecule has 6 heteroatoms. The second kappa shape index (κ2) is 13.0. The molecule has 11 rings (SSSR count). The highest BCUT2D eigenvalue weighted by Crippen LogP contribution is 2.42. The van der Waals surface area contributed by atoms with Crippen molar-refractivity contribution in [1.29, 1.82) is 0 Å². The van der Waals surface area contributed by atoms with Gasteiger partial charge >= 0.3 is 0 Å². The van der Waals surface area contributed by atoms with Gasteiger partial charge in [0.15, 0.2) is 22.8 Å². The van der Waals surface area contributed by atoms with Crippen molar-refractivity contribution in [2.45, 2.75) is 0 Å². The molecule has 0 unspecified atom stereocenters. The van der Waals surface area contributed by atoms with Crippen LogP contribution in [0, 0.1) is 0 Å². The minimum absolute atomic E-state index is 0.628. The average Bonchev–Trinajstić information content (AvgIpc) is 3.85. The Morgan fingerprint density at radius 1 is 0.304 bits per heavy atom. The molecule has 0 spiro atoms. The van der Waals surface area contributed by atoms with E-state index in [1.165, 1.54) is 0 Å². The Hall–Kier alpha value is -7.70. The van der Waals surface area contributed by atoms with E-state index < -0.39 is 0 Å². The lowest BCUT2D eigenvalue weighted by atomic mass is 9.90. The summed E-state index contributed by atoms with van der Waals surface area (Å²) in [4.78, 5) is 20.6. The van der Waals surface area contributed by atoms with E-state index in [2.05, 4.69) is 91.0 Å². The van der Waals surface area contributed by atoms with Crippen LogP contribution in [0.2, 0.25) is 0 Å². The minimum Gasteiger partial charge on any atom is -0.452 e. The highest BCUT2D eigenvalue weighted by Gasteiger charge is 2.22. The Morgan fingerprint density at radius 2 is 0.750 bits per heavy atom. The molecule has 0 aliphatic rings. The molecule has 0 radical (unpaired) electrons. The Balaban J connectivity index is 1.09. The van der Waals surface area contributed by atoms with Crippen LogP contribution in [-0.4, -0.2) is 19.9 Å². The third-order valence-corrected chi connectivity index (χ3v) is 10.4. The third-order valence-electron chi connectivity index (χ3n) is 10.4. The molecule has 0 bridgehead atoms. The van der Waals surface area contributed by atoms with Gasteiger partial charge in [0.1, 0.15) is 33.6 Å². The molecule has 6 nitrogen and oxygen atoms in total. The van der Waals surface area contributed by atoms with Crippen molar-refractivity contribution in [2.75, 3.05) is 0 Å². The predicted molar refractivity (Wildman–Crippen MR) is 225 cm³/mol. The van der Waals surface area contributed by atoms with Crippen LogP contribution >= 0.6 is 0 Å². The molecule has 4 aromatic heterocycles. The quantitative estimate of drug-likeness (QED) is 0.170. The molecule has 56 heavy (non-hydrogen) atoms. The van der Waals surface area contributed by atoms with E-state index in [9.17, 15) is 0 Å². The first-order valence-corrected chi connectivity index (χ1v) is 18.6. The summed E-state index contributed by atoms with van der Waals surface area (Å²) < 4.78 is 12.9.